The first kappa shape index (κ1) is 20.1. The van der Waals surface area contributed by atoms with E-state index in [0.717, 1.165) is 34.4 Å². The van der Waals surface area contributed by atoms with Gasteiger partial charge in [0.2, 0.25) is 11.8 Å². The van der Waals surface area contributed by atoms with Crippen LogP contribution >= 0.6 is 11.8 Å². The number of aromatic nitrogens is 2. The fourth-order valence-electron chi connectivity index (χ4n) is 6.75. The summed E-state index contributed by atoms with van der Waals surface area (Å²) >= 11 is 1.32. The van der Waals surface area contributed by atoms with Crippen LogP contribution in [-0.4, -0.2) is 27.9 Å². The molecule has 0 spiro atoms. The van der Waals surface area contributed by atoms with Crippen molar-refractivity contribution < 1.29 is 9.21 Å². The molecule has 1 amide bonds. The lowest BCUT2D eigenvalue weighted by Gasteiger charge is -2.59. The Kier molecular flexibility index (Phi) is 5.16. The highest BCUT2D eigenvalue weighted by Gasteiger charge is 2.53. The lowest BCUT2D eigenvalue weighted by atomic mass is 9.48. The summed E-state index contributed by atoms with van der Waals surface area (Å²) in [5.74, 6) is 3.57. The standard InChI is InChI=1S/C24H31N3O2S/c1-14-4-15(2)6-20(5-14)22-26-27-23(29-22)30-13-21(28)25-16(3)24-10-17-7-18(11-24)9-19(8-17)12-24/h4-6,16-19H,7-13H2,1-3H3,(H,25,28)/t16-,17?,18?,19?,24?/m0/s1. The van der Waals surface area contributed by atoms with E-state index in [1.165, 1.54) is 50.3 Å². The van der Waals surface area contributed by atoms with Crippen LogP contribution in [-0.2, 0) is 4.79 Å². The minimum absolute atomic E-state index is 0.0643. The molecule has 0 radical (unpaired) electrons. The van der Waals surface area contributed by atoms with Crippen LogP contribution in [0.3, 0.4) is 0 Å². The van der Waals surface area contributed by atoms with Gasteiger partial charge in [0.05, 0.1) is 5.75 Å². The van der Waals surface area contributed by atoms with Gasteiger partial charge < -0.3 is 9.73 Å². The SMILES string of the molecule is Cc1cc(C)cc(-c2nnc(SCC(=O)N[C@@H](C)C34CC5CC(CC(C5)C3)C4)o2)c1. The molecule has 1 aromatic heterocycles. The maximum absolute atomic E-state index is 12.7. The van der Waals surface area contributed by atoms with Crippen molar-refractivity contribution in [1.82, 2.24) is 15.5 Å². The highest BCUT2D eigenvalue weighted by Crippen LogP contribution is 2.61. The molecule has 5 nitrogen and oxygen atoms in total. The molecule has 6 rings (SSSR count). The number of rotatable bonds is 6. The van der Waals surface area contributed by atoms with Gasteiger partial charge in [-0.05, 0) is 94.6 Å². The molecule has 4 fully saturated rings. The van der Waals surface area contributed by atoms with E-state index in [2.05, 4.69) is 42.4 Å². The zero-order valence-corrected chi connectivity index (χ0v) is 18.9. The Hall–Kier alpha value is -1.82. The minimum Gasteiger partial charge on any atom is -0.411 e. The summed E-state index contributed by atoms with van der Waals surface area (Å²) in [6.45, 7) is 6.33. The van der Waals surface area contributed by atoms with Crippen molar-refractivity contribution in [3.05, 3.63) is 29.3 Å². The molecule has 0 aliphatic heterocycles. The van der Waals surface area contributed by atoms with Crippen molar-refractivity contribution in [2.45, 2.75) is 70.6 Å². The Morgan fingerprint density at radius 3 is 2.30 bits per heavy atom. The largest absolute Gasteiger partial charge is 0.411 e. The normalized spacial score (nSPS) is 30.4. The van der Waals surface area contributed by atoms with Crippen molar-refractivity contribution in [1.29, 1.82) is 0 Å². The number of hydrogen-bond acceptors (Lipinski definition) is 5. The number of carbonyl (C=O) groups is 1. The summed E-state index contributed by atoms with van der Waals surface area (Å²) in [5.41, 5.74) is 3.58. The van der Waals surface area contributed by atoms with Crippen LogP contribution in [0.2, 0.25) is 0 Å². The second kappa shape index (κ2) is 7.70. The Morgan fingerprint density at radius 2 is 1.70 bits per heavy atom. The number of aryl methyl sites for hydroxylation is 2. The molecule has 4 saturated carbocycles. The summed E-state index contributed by atoms with van der Waals surface area (Å²) in [6.07, 6.45) is 8.19. The average Bonchev–Trinajstić information content (AvgIpc) is 3.14. The van der Waals surface area contributed by atoms with Crippen LogP contribution in [0, 0.1) is 37.0 Å². The van der Waals surface area contributed by atoms with Gasteiger partial charge in [0, 0.05) is 11.6 Å². The average molecular weight is 426 g/mol. The lowest BCUT2D eigenvalue weighted by molar-refractivity contribution is -0.123. The van der Waals surface area contributed by atoms with Crippen LogP contribution in [0.1, 0.15) is 56.6 Å². The molecule has 4 aliphatic carbocycles. The van der Waals surface area contributed by atoms with Gasteiger partial charge >= 0.3 is 0 Å². The summed E-state index contributed by atoms with van der Waals surface area (Å²) in [5, 5.41) is 12.0. The van der Waals surface area contributed by atoms with E-state index >= 15 is 0 Å². The quantitative estimate of drug-likeness (QED) is 0.647. The number of thioether (sulfide) groups is 1. The monoisotopic (exact) mass is 425 g/mol. The number of carbonyl (C=O) groups excluding carboxylic acids is 1. The van der Waals surface area contributed by atoms with Crippen molar-refractivity contribution >= 4 is 17.7 Å². The summed E-state index contributed by atoms with van der Waals surface area (Å²) in [7, 11) is 0. The van der Waals surface area contributed by atoms with E-state index in [9.17, 15) is 4.79 Å². The van der Waals surface area contributed by atoms with Crippen molar-refractivity contribution in [2.24, 2.45) is 23.2 Å². The molecule has 30 heavy (non-hydrogen) atoms. The molecular weight excluding hydrogens is 394 g/mol. The summed E-state index contributed by atoms with van der Waals surface area (Å²) in [4.78, 5) is 12.7. The fraction of sp³-hybridized carbons (Fsp3) is 0.625. The van der Waals surface area contributed by atoms with Crippen LogP contribution in [0.15, 0.2) is 27.8 Å². The molecular formula is C24H31N3O2S. The molecule has 1 aromatic carbocycles. The molecule has 1 heterocycles. The van der Waals surface area contributed by atoms with Crippen LogP contribution in [0.5, 0.6) is 0 Å². The third-order valence-corrected chi connectivity index (χ3v) is 8.40. The molecule has 1 atom stereocenters. The maximum Gasteiger partial charge on any atom is 0.277 e. The predicted octanol–water partition coefficient (Wildman–Crippen LogP) is 5.17. The zero-order chi connectivity index (χ0) is 20.9. The molecule has 2 aromatic rings. The number of nitrogens with zero attached hydrogens (tertiary/aromatic N) is 2. The number of nitrogens with one attached hydrogen (secondary N) is 1. The predicted molar refractivity (Wildman–Crippen MR) is 118 cm³/mol. The third kappa shape index (κ3) is 3.91. The van der Waals surface area contributed by atoms with Crippen LogP contribution < -0.4 is 5.32 Å². The van der Waals surface area contributed by atoms with Crippen molar-refractivity contribution in [2.75, 3.05) is 5.75 Å². The minimum atomic E-state index is 0.0643. The van der Waals surface area contributed by atoms with E-state index in [0.29, 0.717) is 22.3 Å². The van der Waals surface area contributed by atoms with Crippen molar-refractivity contribution in [3.63, 3.8) is 0 Å². The van der Waals surface area contributed by atoms with Gasteiger partial charge in [-0.15, -0.1) is 10.2 Å². The van der Waals surface area contributed by atoms with E-state index in [-0.39, 0.29) is 11.9 Å². The van der Waals surface area contributed by atoms with E-state index in [1.807, 2.05) is 12.1 Å². The highest BCUT2D eigenvalue weighted by atomic mass is 32.2. The van der Waals surface area contributed by atoms with Crippen LogP contribution in [0.4, 0.5) is 0 Å². The second-order valence-electron chi connectivity index (χ2n) is 10.1. The molecule has 0 unspecified atom stereocenters. The van der Waals surface area contributed by atoms with Gasteiger partial charge in [-0.2, -0.15) is 0 Å². The van der Waals surface area contributed by atoms with E-state index in [4.69, 9.17) is 4.42 Å². The topological polar surface area (TPSA) is 68.0 Å². The molecule has 160 valence electrons. The van der Waals surface area contributed by atoms with Crippen LogP contribution in [0.25, 0.3) is 11.5 Å². The molecule has 0 saturated heterocycles. The van der Waals surface area contributed by atoms with Gasteiger partial charge in [-0.25, -0.2) is 0 Å². The number of benzene rings is 1. The van der Waals surface area contributed by atoms with Gasteiger partial charge in [-0.1, -0.05) is 29.0 Å². The van der Waals surface area contributed by atoms with Gasteiger partial charge in [0.25, 0.3) is 5.22 Å². The van der Waals surface area contributed by atoms with Crippen molar-refractivity contribution in [3.8, 4) is 11.5 Å². The van der Waals surface area contributed by atoms with Gasteiger partial charge in [-0.3, -0.25) is 4.79 Å². The van der Waals surface area contributed by atoms with Gasteiger partial charge in [0.1, 0.15) is 0 Å². The van der Waals surface area contributed by atoms with E-state index < -0.39 is 0 Å². The molecule has 4 bridgehead atoms. The Labute approximate surface area is 182 Å². The fourth-order valence-corrected chi connectivity index (χ4v) is 7.33. The highest BCUT2D eigenvalue weighted by molar-refractivity contribution is 7.99. The summed E-state index contributed by atoms with van der Waals surface area (Å²) < 4.78 is 5.80. The lowest BCUT2D eigenvalue weighted by Crippen LogP contribution is -2.56. The van der Waals surface area contributed by atoms with Gasteiger partial charge in [0.15, 0.2) is 0 Å². The zero-order valence-electron chi connectivity index (χ0n) is 18.1. The first-order valence-corrected chi connectivity index (χ1v) is 12.2. The molecule has 4 aliphatic rings. The number of amides is 1. The first-order valence-electron chi connectivity index (χ1n) is 11.2. The smallest absolute Gasteiger partial charge is 0.277 e. The maximum atomic E-state index is 12.7. The molecule has 1 N–H and O–H groups in total. The Bertz CT molecular complexity index is 898. The molecule has 6 heteroatoms. The first-order chi connectivity index (χ1) is 14.4. The van der Waals surface area contributed by atoms with E-state index in [1.54, 1.807) is 0 Å². The third-order valence-electron chi connectivity index (χ3n) is 7.58. The number of hydrogen-bond donors (Lipinski definition) is 1. The Balaban J connectivity index is 1.18. The summed E-state index contributed by atoms with van der Waals surface area (Å²) in [6, 6.07) is 6.43. The Morgan fingerprint density at radius 1 is 1.10 bits per heavy atom. The second-order valence-corrected chi connectivity index (χ2v) is 11.0.